The van der Waals surface area contributed by atoms with Crippen LogP contribution < -0.4 is 4.90 Å². The molecule has 2 nitrogen and oxygen atoms in total. The van der Waals surface area contributed by atoms with Crippen molar-refractivity contribution in [2.24, 2.45) is 0 Å². The number of anilines is 1. The number of para-hydroxylation sites is 1. The zero-order valence-corrected chi connectivity index (χ0v) is 8.57. The van der Waals surface area contributed by atoms with Gasteiger partial charge in [-0.15, -0.1) is 0 Å². The van der Waals surface area contributed by atoms with Gasteiger partial charge in [-0.05, 0) is 30.5 Å². The predicted molar refractivity (Wildman–Crippen MR) is 59.9 cm³/mol. The first-order valence-corrected chi connectivity index (χ1v) is 5.30. The number of carbonyl (C=O) groups excluding carboxylic acids is 1. The highest BCUT2D eigenvalue weighted by atomic mass is 16.2. The van der Waals surface area contributed by atoms with E-state index in [1.165, 1.54) is 24.5 Å². The Labute approximate surface area is 89.2 Å². The van der Waals surface area contributed by atoms with Crippen LogP contribution in [0.25, 0.3) is 0 Å². The predicted octanol–water partition coefficient (Wildman–Crippen LogP) is 2.25. The van der Waals surface area contributed by atoms with Crippen molar-refractivity contribution in [3.63, 3.8) is 0 Å². The molecule has 0 aromatic heterocycles. The van der Waals surface area contributed by atoms with E-state index in [1.807, 2.05) is 17.0 Å². The molecule has 3 rings (SSSR count). The molecule has 1 aliphatic heterocycles. The smallest absolute Gasteiger partial charge is 0.250 e. The maximum Gasteiger partial charge on any atom is 0.250 e. The highest BCUT2D eigenvalue weighted by Crippen LogP contribution is 2.56. The summed E-state index contributed by atoms with van der Waals surface area (Å²) < 4.78 is 0. The van der Waals surface area contributed by atoms with Gasteiger partial charge in [0.25, 0.3) is 0 Å². The van der Waals surface area contributed by atoms with Gasteiger partial charge in [0.1, 0.15) is 0 Å². The third-order valence-electron chi connectivity index (χ3n) is 3.52. The van der Waals surface area contributed by atoms with Crippen LogP contribution in [-0.4, -0.2) is 12.5 Å². The molecule has 1 heterocycles. The first-order chi connectivity index (χ1) is 7.27. The van der Waals surface area contributed by atoms with Crippen LogP contribution in [0.1, 0.15) is 18.4 Å². The van der Waals surface area contributed by atoms with Crippen molar-refractivity contribution in [1.29, 1.82) is 0 Å². The molecule has 1 fully saturated rings. The maximum absolute atomic E-state index is 11.7. The van der Waals surface area contributed by atoms with Gasteiger partial charge in [-0.3, -0.25) is 4.79 Å². The van der Waals surface area contributed by atoms with Crippen LogP contribution >= 0.6 is 0 Å². The molecule has 1 aliphatic carbocycles. The second-order valence-corrected chi connectivity index (χ2v) is 4.43. The quantitative estimate of drug-likeness (QED) is 0.635. The van der Waals surface area contributed by atoms with Crippen molar-refractivity contribution < 1.29 is 4.79 Å². The van der Waals surface area contributed by atoms with Gasteiger partial charge in [0.05, 0.1) is 0 Å². The Hall–Kier alpha value is -1.57. The number of hydrogen-bond donors (Lipinski definition) is 0. The number of fused-ring (bicyclic) bond motifs is 2. The van der Waals surface area contributed by atoms with Gasteiger partial charge in [0.15, 0.2) is 0 Å². The number of nitrogens with zero attached hydrogens (tertiary/aromatic N) is 1. The minimum absolute atomic E-state index is 0.0197. The summed E-state index contributed by atoms with van der Waals surface area (Å²) >= 11 is 0. The third kappa shape index (κ3) is 1.08. The highest BCUT2D eigenvalue weighted by Gasteiger charge is 2.52. The van der Waals surface area contributed by atoms with Crippen LogP contribution in [0.15, 0.2) is 36.9 Å². The number of hydrogen-bond acceptors (Lipinski definition) is 1. The summed E-state index contributed by atoms with van der Waals surface area (Å²) in [5.74, 6) is 0.0197. The SMILES string of the molecule is C=CC(=O)N1CC2(CC2)c2ccccc21. The van der Waals surface area contributed by atoms with Gasteiger partial charge in [-0.2, -0.15) is 0 Å². The molecule has 0 atom stereocenters. The summed E-state index contributed by atoms with van der Waals surface area (Å²) in [6.45, 7) is 4.40. The van der Waals surface area contributed by atoms with Crippen LogP contribution in [0.4, 0.5) is 5.69 Å². The molecule has 1 amide bonds. The Morgan fingerprint density at radius 3 is 2.80 bits per heavy atom. The Balaban J connectivity index is 2.10. The Bertz CT molecular complexity index is 446. The van der Waals surface area contributed by atoms with E-state index in [4.69, 9.17) is 0 Å². The summed E-state index contributed by atoms with van der Waals surface area (Å²) in [6, 6.07) is 8.23. The normalized spacial score (nSPS) is 20.1. The maximum atomic E-state index is 11.7. The lowest BCUT2D eigenvalue weighted by Crippen LogP contribution is -2.29. The molecule has 2 aliphatic rings. The van der Waals surface area contributed by atoms with Gasteiger partial charge in [-0.25, -0.2) is 0 Å². The molecule has 2 heteroatoms. The van der Waals surface area contributed by atoms with Crippen molar-refractivity contribution >= 4 is 11.6 Å². The number of rotatable bonds is 1. The second kappa shape index (κ2) is 2.72. The monoisotopic (exact) mass is 199 g/mol. The molecule has 1 spiro atoms. The number of carbonyl (C=O) groups is 1. The minimum atomic E-state index is 0.0197. The topological polar surface area (TPSA) is 20.3 Å². The van der Waals surface area contributed by atoms with Gasteiger partial charge < -0.3 is 4.90 Å². The molecule has 0 saturated heterocycles. The first-order valence-electron chi connectivity index (χ1n) is 5.30. The fourth-order valence-electron chi connectivity index (χ4n) is 2.52. The fourth-order valence-corrected chi connectivity index (χ4v) is 2.52. The lowest BCUT2D eigenvalue weighted by molar-refractivity contribution is -0.114. The van der Waals surface area contributed by atoms with Gasteiger partial charge >= 0.3 is 0 Å². The van der Waals surface area contributed by atoms with Crippen LogP contribution in [0.3, 0.4) is 0 Å². The summed E-state index contributed by atoms with van der Waals surface area (Å²) in [6.07, 6.45) is 3.83. The molecule has 76 valence electrons. The van der Waals surface area contributed by atoms with Crippen molar-refractivity contribution in [1.82, 2.24) is 0 Å². The van der Waals surface area contributed by atoms with Crippen LogP contribution in [-0.2, 0) is 10.2 Å². The summed E-state index contributed by atoms with van der Waals surface area (Å²) in [7, 11) is 0. The van der Waals surface area contributed by atoms with E-state index < -0.39 is 0 Å². The average Bonchev–Trinajstić information content (AvgIpc) is 2.98. The molecule has 1 saturated carbocycles. The summed E-state index contributed by atoms with van der Waals surface area (Å²) in [5, 5.41) is 0. The van der Waals surface area contributed by atoms with Crippen molar-refractivity contribution in [2.75, 3.05) is 11.4 Å². The van der Waals surface area contributed by atoms with E-state index in [0.717, 1.165) is 12.2 Å². The zero-order valence-electron chi connectivity index (χ0n) is 8.57. The molecule has 15 heavy (non-hydrogen) atoms. The van der Waals surface area contributed by atoms with E-state index in [-0.39, 0.29) is 11.3 Å². The Kier molecular flexibility index (Phi) is 1.58. The summed E-state index contributed by atoms with van der Waals surface area (Å²) in [5.41, 5.74) is 2.72. The van der Waals surface area contributed by atoms with Gasteiger partial charge in [-0.1, -0.05) is 24.8 Å². The molecule has 0 N–H and O–H groups in total. The first kappa shape index (κ1) is 8.72. The molecular formula is C13H13NO. The van der Waals surface area contributed by atoms with E-state index in [9.17, 15) is 4.79 Å². The van der Waals surface area contributed by atoms with Crippen LogP contribution in [0.2, 0.25) is 0 Å². The van der Waals surface area contributed by atoms with E-state index >= 15 is 0 Å². The van der Waals surface area contributed by atoms with Crippen molar-refractivity contribution in [3.8, 4) is 0 Å². The average molecular weight is 199 g/mol. The molecule has 0 radical (unpaired) electrons. The van der Waals surface area contributed by atoms with Crippen LogP contribution in [0, 0.1) is 0 Å². The zero-order chi connectivity index (χ0) is 10.5. The summed E-state index contributed by atoms with van der Waals surface area (Å²) in [4.78, 5) is 13.6. The fraction of sp³-hybridized carbons (Fsp3) is 0.308. The van der Waals surface area contributed by atoms with Gasteiger partial charge in [0.2, 0.25) is 5.91 Å². The molecule has 1 aromatic carbocycles. The lowest BCUT2D eigenvalue weighted by Gasteiger charge is -2.14. The van der Waals surface area contributed by atoms with E-state index in [1.54, 1.807) is 0 Å². The van der Waals surface area contributed by atoms with Crippen LogP contribution in [0.5, 0.6) is 0 Å². The minimum Gasteiger partial charge on any atom is -0.308 e. The third-order valence-corrected chi connectivity index (χ3v) is 3.52. The molecular weight excluding hydrogens is 186 g/mol. The Morgan fingerprint density at radius 2 is 2.13 bits per heavy atom. The second-order valence-electron chi connectivity index (χ2n) is 4.43. The number of amides is 1. The highest BCUT2D eigenvalue weighted by molar-refractivity contribution is 6.03. The van der Waals surface area contributed by atoms with Crippen molar-refractivity contribution in [2.45, 2.75) is 18.3 Å². The number of benzene rings is 1. The molecule has 0 bridgehead atoms. The Morgan fingerprint density at radius 1 is 1.40 bits per heavy atom. The lowest BCUT2D eigenvalue weighted by atomic mass is 9.99. The van der Waals surface area contributed by atoms with Gasteiger partial charge in [0, 0.05) is 17.6 Å². The molecule has 0 unspecified atom stereocenters. The van der Waals surface area contributed by atoms with E-state index in [2.05, 4.69) is 18.7 Å². The van der Waals surface area contributed by atoms with Crippen molar-refractivity contribution in [3.05, 3.63) is 42.5 Å². The standard InChI is InChI=1S/C13H13NO/c1-2-12(15)14-9-13(7-8-13)10-5-3-4-6-11(10)14/h2-6H,1,7-9H2. The molecule has 1 aromatic rings. The largest absolute Gasteiger partial charge is 0.308 e. The van der Waals surface area contributed by atoms with E-state index in [0.29, 0.717) is 0 Å².